The van der Waals surface area contributed by atoms with E-state index in [1.165, 1.54) is 36.6 Å². The van der Waals surface area contributed by atoms with Gasteiger partial charge in [0.1, 0.15) is 5.82 Å². The Morgan fingerprint density at radius 2 is 1.74 bits per heavy atom. The number of halogens is 3. The van der Waals surface area contributed by atoms with Crippen LogP contribution in [0.1, 0.15) is 73.2 Å². The fraction of sp³-hybridized carbons (Fsp3) is 0.448. The number of anilines is 2. The molecule has 2 aliphatic heterocycles. The molecule has 0 N–H and O–H groups in total. The van der Waals surface area contributed by atoms with Crippen LogP contribution in [-0.4, -0.2) is 39.8 Å². The molecule has 0 radical (unpaired) electrons. The predicted octanol–water partition coefficient (Wildman–Crippen LogP) is 6.55. The molecule has 2 amide bonds. The summed E-state index contributed by atoms with van der Waals surface area (Å²) in [6.45, 7) is 3.26. The lowest BCUT2D eigenvalue weighted by atomic mass is 9.96. The fourth-order valence-electron chi connectivity index (χ4n) is 6.21. The van der Waals surface area contributed by atoms with E-state index in [0.29, 0.717) is 44.2 Å². The van der Waals surface area contributed by atoms with Crippen LogP contribution in [0.4, 0.5) is 29.5 Å². The van der Waals surface area contributed by atoms with Crippen LogP contribution in [0.3, 0.4) is 0 Å². The first-order chi connectivity index (χ1) is 18.3. The molecule has 38 heavy (non-hydrogen) atoms. The van der Waals surface area contributed by atoms with Crippen LogP contribution in [0.5, 0.6) is 0 Å². The van der Waals surface area contributed by atoms with E-state index in [2.05, 4.69) is 23.3 Å². The van der Waals surface area contributed by atoms with Gasteiger partial charge in [0.05, 0.1) is 18.3 Å². The Bertz CT molecular complexity index is 1350. The lowest BCUT2D eigenvalue weighted by Crippen LogP contribution is -2.55. The number of urea groups is 1. The smallest absolute Gasteiger partial charge is 0.326 e. The zero-order valence-corrected chi connectivity index (χ0v) is 21.7. The summed E-state index contributed by atoms with van der Waals surface area (Å²) in [5.41, 5.74) is 3.13. The Morgan fingerprint density at radius 1 is 1.00 bits per heavy atom. The van der Waals surface area contributed by atoms with Crippen molar-refractivity contribution in [2.45, 2.75) is 63.6 Å². The fourth-order valence-corrected chi connectivity index (χ4v) is 6.21. The van der Waals surface area contributed by atoms with Gasteiger partial charge in [-0.1, -0.05) is 36.4 Å². The second-order valence-electron chi connectivity index (χ2n) is 10.7. The lowest BCUT2D eigenvalue weighted by Gasteiger charge is -2.46. The molecule has 2 aromatic carbocycles. The van der Waals surface area contributed by atoms with Gasteiger partial charge >= 0.3 is 6.03 Å². The molecule has 6 nitrogen and oxygen atoms in total. The van der Waals surface area contributed by atoms with Crippen molar-refractivity contribution in [3.05, 3.63) is 76.7 Å². The van der Waals surface area contributed by atoms with Gasteiger partial charge in [0, 0.05) is 43.5 Å². The second-order valence-corrected chi connectivity index (χ2v) is 10.7. The minimum absolute atomic E-state index is 0.0215. The summed E-state index contributed by atoms with van der Waals surface area (Å²) in [6.07, 6.45) is 2.71. The van der Waals surface area contributed by atoms with Crippen LogP contribution < -0.4 is 9.80 Å². The van der Waals surface area contributed by atoms with E-state index in [-0.39, 0.29) is 29.4 Å². The standard InChI is InChI=1S/C29H32F3N5O/c1-18-24-17-34(2)33-28(24)36(16-20-6-3-4-7-22(20)19-10-11-19)29(38)37(18)21-12-14-35(15-13-21)26-23(27(31)32)8-5-9-25(26)30/h3-9,17-19,21,27H,10-16H2,1-2H3/t18-/m0/s1. The first-order valence-corrected chi connectivity index (χ1v) is 13.4. The van der Waals surface area contributed by atoms with Crippen molar-refractivity contribution < 1.29 is 18.0 Å². The van der Waals surface area contributed by atoms with Gasteiger partial charge in [-0.25, -0.2) is 18.0 Å². The highest BCUT2D eigenvalue weighted by atomic mass is 19.3. The molecular weight excluding hydrogens is 491 g/mol. The third-order valence-corrected chi connectivity index (χ3v) is 8.24. The third kappa shape index (κ3) is 4.31. The predicted molar refractivity (Wildman–Crippen MR) is 140 cm³/mol. The van der Waals surface area contributed by atoms with Gasteiger partial charge in [-0.3, -0.25) is 9.58 Å². The number of hydrogen-bond donors (Lipinski definition) is 0. The SMILES string of the molecule is C[C@H]1c2cn(C)nc2N(Cc2ccccc2C2CC2)C(=O)N1C1CCN(c2c(F)cccc2C(F)F)CC1. The summed E-state index contributed by atoms with van der Waals surface area (Å²) in [7, 11) is 1.86. The highest BCUT2D eigenvalue weighted by Gasteiger charge is 2.42. The minimum atomic E-state index is -2.75. The van der Waals surface area contributed by atoms with Crippen molar-refractivity contribution in [1.82, 2.24) is 14.7 Å². The number of piperidine rings is 1. The number of nitrogens with zero attached hydrogens (tertiary/aromatic N) is 5. The first kappa shape index (κ1) is 24.8. The van der Waals surface area contributed by atoms with Crippen LogP contribution in [0.2, 0.25) is 0 Å². The molecule has 6 rings (SSSR count). The number of carbonyl (C=O) groups excluding carboxylic acids is 1. The van der Waals surface area contributed by atoms with Crippen LogP contribution in [0.25, 0.3) is 0 Å². The Hall–Kier alpha value is -3.49. The molecule has 9 heteroatoms. The normalized spacial score (nSPS) is 20.4. The van der Waals surface area contributed by atoms with Gasteiger partial charge in [0.25, 0.3) is 6.43 Å². The van der Waals surface area contributed by atoms with E-state index in [1.54, 1.807) is 14.5 Å². The number of aryl methyl sites for hydroxylation is 1. The van der Waals surface area contributed by atoms with Crippen molar-refractivity contribution in [2.75, 3.05) is 22.9 Å². The Labute approximate surface area is 220 Å². The zero-order valence-electron chi connectivity index (χ0n) is 21.7. The molecule has 2 fully saturated rings. The van der Waals surface area contributed by atoms with Crippen molar-refractivity contribution in [1.29, 1.82) is 0 Å². The van der Waals surface area contributed by atoms with Crippen LogP contribution in [0, 0.1) is 5.82 Å². The number of hydrogen-bond acceptors (Lipinski definition) is 3. The third-order valence-electron chi connectivity index (χ3n) is 8.24. The average molecular weight is 524 g/mol. The first-order valence-electron chi connectivity index (χ1n) is 13.4. The van der Waals surface area contributed by atoms with Gasteiger partial charge in [-0.2, -0.15) is 5.10 Å². The second kappa shape index (κ2) is 9.67. The Balaban J connectivity index is 1.26. The van der Waals surface area contributed by atoms with E-state index >= 15 is 0 Å². The Morgan fingerprint density at radius 3 is 2.45 bits per heavy atom. The number of para-hydroxylation sites is 1. The maximum Gasteiger partial charge on any atom is 0.326 e. The van der Waals surface area contributed by atoms with Crippen LogP contribution in [-0.2, 0) is 13.6 Å². The summed E-state index contributed by atoms with van der Waals surface area (Å²) < 4.78 is 43.6. The summed E-state index contributed by atoms with van der Waals surface area (Å²) in [5.74, 6) is 0.617. The van der Waals surface area contributed by atoms with Gasteiger partial charge < -0.3 is 9.80 Å². The molecule has 1 aromatic heterocycles. The number of rotatable bonds is 6. The molecule has 0 unspecified atom stereocenters. The van der Waals surface area contributed by atoms with Crippen LogP contribution >= 0.6 is 0 Å². The number of benzene rings is 2. The van der Waals surface area contributed by atoms with Gasteiger partial charge in [0.2, 0.25) is 0 Å². The quantitative estimate of drug-likeness (QED) is 0.368. The summed E-state index contributed by atoms with van der Waals surface area (Å²) in [6, 6.07) is 11.8. The number of amides is 2. The number of aromatic nitrogens is 2. The molecule has 3 aromatic rings. The Kier molecular flexibility index (Phi) is 6.32. The molecule has 1 saturated heterocycles. The van der Waals surface area contributed by atoms with E-state index < -0.39 is 12.2 Å². The van der Waals surface area contributed by atoms with E-state index in [0.717, 1.165) is 11.1 Å². The van der Waals surface area contributed by atoms with Crippen molar-refractivity contribution in [2.24, 2.45) is 7.05 Å². The monoisotopic (exact) mass is 523 g/mol. The maximum absolute atomic E-state index is 14.6. The van der Waals surface area contributed by atoms with E-state index in [1.807, 2.05) is 31.1 Å². The molecule has 0 spiro atoms. The zero-order chi connectivity index (χ0) is 26.6. The van der Waals surface area contributed by atoms with Gasteiger partial charge in [-0.05, 0) is 55.7 Å². The maximum atomic E-state index is 14.6. The highest BCUT2D eigenvalue weighted by Crippen LogP contribution is 2.44. The minimum Gasteiger partial charge on any atom is -0.369 e. The molecule has 200 valence electrons. The van der Waals surface area contributed by atoms with Gasteiger partial charge in [-0.15, -0.1) is 0 Å². The van der Waals surface area contributed by atoms with E-state index in [9.17, 15) is 18.0 Å². The lowest BCUT2D eigenvalue weighted by molar-refractivity contribution is 0.135. The molecular formula is C29H32F3N5O. The van der Waals surface area contributed by atoms with Crippen molar-refractivity contribution in [3.8, 4) is 0 Å². The molecule has 1 atom stereocenters. The molecule has 3 heterocycles. The molecule has 0 bridgehead atoms. The summed E-state index contributed by atoms with van der Waals surface area (Å²) >= 11 is 0. The van der Waals surface area contributed by atoms with Crippen molar-refractivity contribution in [3.63, 3.8) is 0 Å². The summed E-state index contributed by atoms with van der Waals surface area (Å²) in [4.78, 5) is 19.5. The van der Waals surface area contributed by atoms with Crippen molar-refractivity contribution >= 4 is 17.5 Å². The van der Waals surface area contributed by atoms with Crippen LogP contribution in [0.15, 0.2) is 48.7 Å². The molecule has 1 saturated carbocycles. The number of fused-ring (bicyclic) bond motifs is 1. The average Bonchev–Trinajstić information content (AvgIpc) is 3.68. The summed E-state index contributed by atoms with van der Waals surface area (Å²) in [5, 5.41) is 4.66. The van der Waals surface area contributed by atoms with Gasteiger partial charge in [0.15, 0.2) is 5.82 Å². The molecule has 1 aliphatic carbocycles. The topological polar surface area (TPSA) is 44.6 Å². The number of alkyl halides is 2. The molecule has 3 aliphatic rings. The number of carbonyl (C=O) groups is 1. The highest BCUT2D eigenvalue weighted by molar-refractivity contribution is 5.94. The van der Waals surface area contributed by atoms with E-state index in [4.69, 9.17) is 0 Å². The largest absolute Gasteiger partial charge is 0.369 e.